The Labute approximate surface area is 134 Å². The van der Waals surface area contributed by atoms with Crippen molar-refractivity contribution in [3.8, 4) is 17.0 Å². The Bertz CT molecular complexity index is 720. The summed E-state index contributed by atoms with van der Waals surface area (Å²) >= 11 is 6.00. The normalized spacial score (nSPS) is 20.6. The first-order chi connectivity index (χ1) is 10.5. The summed E-state index contributed by atoms with van der Waals surface area (Å²) in [5.41, 5.74) is 2.94. The molecule has 0 radical (unpaired) electrons. The summed E-state index contributed by atoms with van der Waals surface area (Å²) < 4.78 is 25.9. The molecule has 2 atom stereocenters. The Morgan fingerprint density at radius 2 is 2.14 bits per heavy atom. The lowest BCUT2D eigenvalue weighted by Gasteiger charge is -2.27. The van der Waals surface area contributed by atoms with Crippen molar-refractivity contribution in [2.24, 2.45) is 0 Å². The predicted octanol–water partition coefficient (Wildman–Crippen LogP) is 4.57. The van der Waals surface area contributed by atoms with Gasteiger partial charge in [-0.25, -0.2) is 9.37 Å². The number of nitrogens with zero attached hydrogens (tertiary/aromatic N) is 1. The zero-order valence-corrected chi connectivity index (χ0v) is 13.4. The second-order valence-corrected chi connectivity index (χ2v) is 5.91. The van der Waals surface area contributed by atoms with E-state index in [0.29, 0.717) is 17.9 Å². The molecule has 3 rings (SSSR count). The van der Waals surface area contributed by atoms with Crippen LogP contribution in [0.15, 0.2) is 24.4 Å². The molecule has 0 aliphatic carbocycles. The van der Waals surface area contributed by atoms with Crippen LogP contribution in [0.4, 0.5) is 4.39 Å². The van der Waals surface area contributed by atoms with Gasteiger partial charge in [-0.05, 0) is 37.5 Å². The molecular formula is C17H17ClFNO2. The van der Waals surface area contributed by atoms with Gasteiger partial charge in [0, 0.05) is 23.4 Å². The van der Waals surface area contributed by atoms with Crippen LogP contribution in [-0.4, -0.2) is 18.2 Å². The van der Waals surface area contributed by atoms with Crippen molar-refractivity contribution in [1.29, 1.82) is 0 Å². The smallest absolute Gasteiger partial charge is 0.213 e. The summed E-state index contributed by atoms with van der Waals surface area (Å²) in [4.78, 5) is 4.23. The summed E-state index contributed by atoms with van der Waals surface area (Å²) in [6.45, 7) is 3.92. The SMILES string of the molecule is COc1cc2c(cn1)C(C)O[C@H](C)Cc1ccc(Cl)c(F)c1-2. The second-order valence-electron chi connectivity index (χ2n) is 5.50. The molecule has 0 fully saturated rings. The van der Waals surface area contributed by atoms with E-state index in [0.717, 1.165) is 16.7 Å². The molecule has 5 heteroatoms. The molecule has 0 spiro atoms. The van der Waals surface area contributed by atoms with Crippen molar-refractivity contribution in [3.05, 3.63) is 46.4 Å². The van der Waals surface area contributed by atoms with Gasteiger partial charge in [-0.15, -0.1) is 0 Å². The molecule has 1 aliphatic heterocycles. The van der Waals surface area contributed by atoms with Gasteiger partial charge >= 0.3 is 0 Å². The fourth-order valence-corrected chi connectivity index (χ4v) is 3.09. The first kappa shape index (κ1) is 15.3. The van der Waals surface area contributed by atoms with Gasteiger partial charge in [0.25, 0.3) is 0 Å². The lowest BCUT2D eigenvalue weighted by molar-refractivity contribution is 0.00693. The van der Waals surface area contributed by atoms with Crippen molar-refractivity contribution in [2.75, 3.05) is 7.11 Å². The third-order valence-corrected chi connectivity index (χ3v) is 4.24. The van der Waals surface area contributed by atoms with E-state index < -0.39 is 5.82 Å². The molecule has 1 aromatic heterocycles. The van der Waals surface area contributed by atoms with Gasteiger partial charge in [-0.2, -0.15) is 0 Å². The van der Waals surface area contributed by atoms with E-state index in [1.807, 2.05) is 19.9 Å². The number of fused-ring (bicyclic) bond motifs is 3. The summed E-state index contributed by atoms with van der Waals surface area (Å²) in [7, 11) is 1.54. The largest absolute Gasteiger partial charge is 0.481 e. The molecule has 0 saturated carbocycles. The molecule has 0 bridgehead atoms. The van der Waals surface area contributed by atoms with Crippen molar-refractivity contribution in [2.45, 2.75) is 32.5 Å². The molecule has 116 valence electrons. The minimum atomic E-state index is -0.407. The van der Waals surface area contributed by atoms with E-state index in [2.05, 4.69) is 4.98 Å². The van der Waals surface area contributed by atoms with E-state index in [1.54, 1.807) is 18.3 Å². The van der Waals surface area contributed by atoms with Crippen molar-refractivity contribution < 1.29 is 13.9 Å². The zero-order chi connectivity index (χ0) is 15.9. The molecule has 1 aliphatic rings. The fourth-order valence-electron chi connectivity index (χ4n) is 2.93. The Balaban J connectivity index is 2.33. The van der Waals surface area contributed by atoms with E-state index >= 15 is 0 Å². The predicted molar refractivity (Wildman–Crippen MR) is 83.9 cm³/mol. The highest BCUT2D eigenvalue weighted by Crippen LogP contribution is 2.40. The van der Waals surface area contributed by atoms with Crippen LogP contribution in [0.1, 0.15) is 31.1 Å². The van der Waals surface area contributed by atoms with E-state index in [1.165, 1.54) is 7.11 Å². The monoisotopic (exact) mass is 321 g/mol. The van der Waals surface area contributed by atoms with Gasteiger partial charge in [-0.1, -0.05) is 17.7 Å². The summed E-state index contributed by atoms with van der Waals surface area (Å²) in [6.07, 6.45) is 2.10. The van der Waals surface area contributed by atoms with Gasteiger partial charge in [0.1, 0.15) is 5.82 Å². The van der Waals surface area contributed by atoms with E-state index in [9.17, 15) is 4.39 Å². The average Bonchev–Trinajstić information content (AvgIpc) is 2.49. The Kier molecular flexibility index (Phi) is 4.06. The quantitative estimate of drug-likeness (QED) is 0.771. The summed E-state index contributed by atoms with van der Waals surface area (Å²) in [6, 6.07) is 5.18. The third kappa shape index (κ3) is 2.57. The molecular weight excluding hydrogens is 305 g/mol. The number of halogens is 2. The van der Waals surface area contributed by atoms with Gasteiger partial charge in [0.05, 0.1) is 24.3 Å². The lowest BCUT2D eigenvalue weighted by Crippen LogP contribution is -2.19. The van der Waals surface area contributed by atoms with Crippen LogP contribution >= 0.6 is 11.6 Å². The van der Waals surface area contributed by atoms with Gasteiger partial charge < -0.3 is 9.47 Å². The van der Waals surface area contributed by atoms with Crippen LogP contribution in [0.25, 0.3) is 11.1 Å². The highest BCUT2D eigenvalue weighted by atomic mass is 35.5. The highest BCUT2D eigenvalue weighted by molar-refractivity contribution is 6.31. The van der Waals surface area contributed by atoms with Crippen LogP contribution in [0, 0.1) is 5.82 Å². The maximum atomic E-state index is 14.7. The molecule has 2 heterocycles. The van der Waals surface area contributed by atoms with Crippen molar-refractivity contribution in [1.82, 2.24) is 4.98 Å². The number of rotatable bonds is 1. The minimum Gasteiger partial charge on any atom is -0.481 e. The summed E-state index contributed by atoms with van der Waals surface area (Å²) in [5, 5.41) is 0.113. The number of ether oxygens (including phenoxy) is 2. The number of hydrogen-bond acceptors (Lipinski definition) is 3. The third-order valence-electron chi connectivity index (χ3n) is 3.95. The van der Waals surface area contributed by atoms with Crippen LogP contribution in [0.3, 0.4) is 0 Å². The second kappa shape index (κ2) is 5.86. The molecule has 2 aromatic rings. The number of pyridine rings is 1. The first-order valence-corrected chi connectivity index (χ1v) is 7.55. The molecule has 1 unspecified atom stereocenters. The minimum absolute atomic E-state index is 0.0235. The number of aromatic nitrogens is 1. The summed E-state index contributed by atoms with van der Waals surface area (Å²) in [5.74, 6) is 0.0277. The fraction of sp³-hybridized carbons (Fsp3) is 0.353. The molecule has 0 N–H and O–H groups in total. The van der Waals surface area contributed by atoms with Crippen molar-refractivity contribution >= 4 is 11.6 Å². The maximum absolute atomic E-state index is 14.7. The van der Waals surface area contributed by atoms with Crippen LogP contribution in [-0.2, 0) is 11.2 Å². The Morgan fingerprint density at radius 1 is 1.36 bits per heavy atom. The van der Waals surface area contributed by atoms with E-state index in [-0.39, 0.29) is 17.2 Å². The lowest BCUT2D eigenvalue weighted by atomic mass is 9.90. The molecule has 1 aromatic carbocycles. The van der Waals surface area contributed by atoms with Gasteiger partial charge in [0.2, 0.25) is 5.88 Å². The Hall–Kier alpha value is -1.65. The molecule has 3 nitrogen and oxygen atoms in total. The topological polar surface area (TPSA) is 31.4 Å². The van der Waals surface area contributed by atoms with Crippen LogP contribution in [0.5, 0.6) is 5.88 Å². The Morgan fingerprint density at radius 3 is 2.86 bits per heavy atom. The first-order valence-electron chi connectivity index (χ1n) is 7.18. The maximum Gasteiger partial charge on any atom is 0.213 e. The standard InChI is InChI=1S/C17H17ClFNO2/c1-9-6-11-4-5-14(18)17(19)16(11)12-7-15(21-3)20-8-13(12)10(2)22-9/h4-5,7-10H,6H2,1-3H3/t9-,10?/m1/s1. The molecule has 22 heavy (non-hydrogen) atoms. The van der Waals surface area contributed by atoms with Gasteiger partial charge in [-0.3, -0.25) is 0 Å². The molecule has 0 amide bonds. The number of benzene rings is 1. The van der Waals surface area contributed by atoms with Gasteiger partial charge in [0.15, 0.2) is 0 Å². The average molecular weight is 322 g/mol. The highest BCUT2D eigenvalue weighted by Gasteiger charge is 2.26. The van der Waals surface area contributed by atoms with Crippen LogP contribution in [0.2, 0.25) is 5.02 Å². The van der Waals surface area contributed by atoms with E-state index in [4.69, 9.17) is 21.1 Å². The van der Waals surface area contributed by atoms with Crippen LogP contribution < -0.4 is 4.74 Å². The number of hydrogen-bond donors (Lipinski definition) is 0. The number of methoxy groups -OCH3 is 1. The molecule has 0 saturated heterocycles. The van der Waals surface area contributed by atoms with Crippen molar-refractivity contribution in [3.63, 3.8) is 0 Å². The zero-order valence-electron chi connectivity index (χ0n) is 12.7.